The standard InChI is InChI=1S/C26H39NO/c1-27-26(28)25-23(20-13-7-3-8-14-20)17-22(19-11-5-2-6-12-19)18-24(25)21-15-9-4-10-16-21/h17-21H,2-16H2,1H3,(H,27,28). The van der Waals surface area contributed by atoms with Crippen molar-refractivity contribution in [2.45, 2.75) is 114 Å². The van der Waals surface area contributed by atoms with Crippen molar-refractivity contribution < 1.29 is 4.79 Å². The van der Waals surface area contributed by atoms with E-state index in [-0.39, 0.29) is 5.91 Å². The quantitative estimate of drug-likeness (QED) is 0.587. The average molecular weight is 382 g/mol. The van der Waals surface area contributed by atoms with Crippen molar-refractivity contribution in [3.05, 3.63) is 34.4 Å². The molecule has 1 N–H and O–H groups in total. The highest BCUT2D eigenvalue weighted by Gasteiger charge is 2.30. The monoisotopic (exact) mass is 381 g/mol. The summed E-state index contributed by atoms with van der Waals surface area (Å²) in [4.78, 5) is 13.1. The third kappa shape index (κ3) is 4.31. The van der Waals surface area contributed by atoms with E-state index in [4.69, 9.17) is 0 Å². The lowest BCUT2D eigenvalue weighted by Gasteiger charge is -2.32. The Morgan fingerprint density at radius 3 is 1.46 bits per heavy atom. The fourth-order valence-corrected chi connectivity index (χ4v) is 6.24. The second-order valence-electron chi connectivity index (χ2n) is 9.66. The van der Waals surface area contributed by atoms with Gasteiger partial charge >= 0.3 is 0 Å². The summed E-state index contributed by atoms with van der Waals surface area (Å²) in [7, 11) is 1.81. The SMILES string of the molecule is CNC(=O)c1c(C2CCCCC2)cc(C2CCCCC2)cc1C1CCCCC1. The van der Waals surface area contributed by atoms with E-state index in [9.17, 15) is 4.79 Å². The Balaban J connectivity index is 1.80. The van der Waals surface area contributed by atoms with E-state index in [0.29, 0.717) is 11.8 Å². The lowest BCUT2D eigenvalue weighted by Crippen LogP contribution is -2.25. The molecule has 154 valence electrons. The van der Waals surface area contributed by atoms with Crippen LogP contribution in [0.15, 0.2) is 12.1 Å². The largest absolute Gasteiger partial charge is 0.355 e. The molecule has 2 heteroatoms. The summed E-state index contributed by atoms with van der Waals surface area (Å²) in [6.07, 6.45) is 19.9. The number of rotatable bonds is 4. The highest BCUT2D eigenvalue weighted by atomic mass is 16.1. The molecule has 0 saturated heterocycles. The number of carbonyl (C=O) groups is 1. The first-order valence-corrected chi connectivity index (χ1v) is 12.2. The Bertz CT molecular complexity index is 622. The first-order chi connectivity index (χ1) is 13.8. The second-order valence-corrected chi connectivity index (χ2v) is 9.66. The summed E-state index contributed by atoms with van der Waals surface area (Å²) < 4.78 is 0. The highest BCUT2D eigenvalue weighted by molar-refractivity contribution is 5.97. The molecule has 3 aliphatic carbocycles. The van der Waals surface area contributed by atoms with Crippen LogP contribution >= 0.6 is 0 Å². The molecule has 28 heavy (non-hydrogen) atoms. The molecular weight excluding hydrogens is 342 g/mol. The van der Waals surface area contributed by atoms with Crippen LogP contribution in [0.1, 0.15) is 141 Å². The van der Waals surface area contributed by atoms with Crippen molar-refractivity contribution >= 4 is 5.91 Å². The molecule has 1 aromatic rings. The molecule has 0 unspecified atom stereocenters. The maximum atomic E-state index is 13.1. The summed E-state index contributed by atoms with van der Waals surface area (Å²) in [5, 5.41) is 3.00. The van der Waals surface area contributed by atoms with Gasteiger partial charge in [-0.1, -0.05) is 69.9 Å². The minimum absolute atomic E-state index is 0.163. The van der Waals surface area contributed by atoms with Gasteiger partial charge in [0.25, 0.3) is 5.91 Å². The number of nitrogens with one attached hydrogen (secondary N) is 1. The summed E-state index contributed by atoms with van der Waals surface area (Å²) in [5.41, 5.74) is 5.44. The van der Waals surface area contributed by atoms with Gasteiger partial charge in [-0.05, 0) is 73.0 Å². The molecule has 0 aromatic heterocycles. The number of benzene rings is 1. The molecule has 4 rings (SSSR count). The molecule has 1 aromatic carbocycles. The normalized spacial score (nSPS) is 22.9. The van der Waals surface area contributed by atoms with Gasteiger partial charge in [0.2, 0.25) is 0 Å². The Morgan fingerprint density at radius 2 is 1.07 bits per heavy atom. The van der Waals surface area contributed by atoms with Crippen LogP contribution in [0.25, 0.3) is 0 Å². The van der Waals surface area contributed by atoms with Gasteiger partial charge in [-0.2, -0.15) is 0 Å². The lowest BCUT2D eigenvalue weighted by molar-refractivity contribution is 0.0959. The van der Waals surface area contributed by atoms with E-state index in [1.165, 1.54) is 107 Å². The van der Waals surface area contributed by atoms with Crippen molar-refractivity contribution in [2.24, 2.45) is 0 Å². The van der Waals surface area contributed by atoms with Crippen molar-refractivity contribution in [1.82, 2.24) is 5.32 Å². The van der Waals surface area contributed by atoms with Crippen LogP contribution in [0.4, 0.5) is 0 Å². The first-order valence-electron chi connectivity index (χ1n) is 12.2. The number of amides is 1. The summed E-state index contributed by atoms with van der Waals surface area (Å²) in [6.45, 7) is 0. The Hall–Kier alpha value is -1.31. The topological polar surface area (TPSA) is 29.1 Å². The fourth-order valence-electron chi connectivity index (χ4n) is 6.24. The Kier molecular flexibility index (Phi) is 6.75. The number of carbonyl (C=O) groups excluding carboxylic acids is 1. The summed E-state index contributed by atoms with van der Waals surface area (Å²) in [6, 6.07) is 4.98. The maximum absolute atomic E-state index is 13.1. The number of hydrogen-bond donors (Lipinski definition) is 1. The zero-order chi connectivity index (χ0) is 19.3. The second kappa shape index (κ2) is 9.46. The molecule has 0 atom stereocenters. The van der Waals surface area contributed by atoms with Gasteiger partial charge in [-0.3, -0.25) is 4.79 Å². The van der Waals surface area contributed by atoms with Crippen molar-refractivity contribution in [2.75, 3.05) is 7.05 Å². The van der Waals surface area contributed by atoms with Crippen LogP contribution in [-0.4, -0.2) is 13.0 Å². The van der Waals surface area contributed by atoms with Crippen LogP contribution in [0.5, 0.6) is 0 Å². The highest BCUT2D eigenvalue weighted by Crippen LogP contribution is 2.43. The fraction of sp³-hybridized carbons (Fsp3) is 0.731. The van der Waals surface area contributed by atoms with Gasteiger partial charge in [-0.25, -0.2) is 0 Å². The predicted molar refractivity (Wildman–Crippen MR) is 117 cm³/mol. The zero-order valence-electron chi connectivity index (χ0n) is 17.9. The molecule has 0 heterocycles. The Labute approximate surface area is 171 Å². The summed E-state index contributed by atoms with van der Waals surface area (Å²) >= 11 is 0. The third-order valence-corrected chi connectivity index (χ3v) is 7.84. The van der Waals surface area contributed by atoms with Gasteiger partial charge in [0.05, 0.1) is 0 Å². The summed E-state index contributed by atoms with van der Waals surface area (Å²) in [5.74, 6) is 2.06. The van der Waals surface area contributed by atoms with E-state index < -0.39 is 0 Å². The minimum Gasteiger partial charge on any atom is -0.355 e. The first kappa shape index (κ1) is 20.0. The van der Waals surface area contributed by atoms with Gasteiger partial charge in [-0.15, -0.1) is 0 Å². The lowest BCUT2D eigenvalue weighted by atomic mass is 9.73. The van der Waals surface area contributed by atoms with E-state index in [0.717, 1.165) is 11.5 Å². The average Bonchev–Trinajstić information content (AvgIpc) is 2.79. The van der Waals surface area contributed by atoms with E-state index in [2.05, 4.69) is 17.4 Å². The van der Waals surface area contributed by atoms with Gasteiger partial charge in [0, 0.05) is 12.6 Å². The zero-order valence-corrected chi connectivity index (χ0v) is 17.9. The van der Waals surface area contributed by atoms with Crippen molar-refractivity contribution in [3.8, 4) is 0 Å². The molecule has 2 nitrogen and oxygen atoms in total. The molecule has 0 spiro atoms. The van der Waals surface area contributed by atoms with Crippen LogP contribution in [0, 0.1) is 0 Å². The molecule has 0 radical (unpaired) electrons. The van der Waals surface area contributed by atoms with Crippen molar-refractivity contribution in [1.29, 1.82) is 0 Å². The van der Waals surface area contributed by atoms with E-state index >= 15 is 0 Å². The predicted octanol–water partition coefficient (Wildman–Crippen LogP) is 7.19. The Morgan fingerprint density at radius 1 is 0.679 bits per heavy atom. The van der Waals surface area contributed by atoms with E-state index in [1.54, 1.807) is 5.56 Å². The molecule has 0 bridgehead atoms. The minimum atomic E-state index is 0.163. The van der Waals surface area contributed by atoms with Gasteiger partial charge in [0.1, 0.15) is 0 Å². The van der Waals surface area contributed by atoms with Crippen LogP contribution < -0.4 is 5.32 Å². The molecule has 3 aliphatic rings. The maximum Gasteiger partial charge on any atom is 0.251 e. The molecule has 3 saturated carbocycles. The third-order valence-electron chi connectivity index (χ3n) is 7.84. The molecule has 0 aliphatic heterocycles. The molecule has 1 amide bonds. The van der Waals surface area contributed by atoms with Crippen LogP contribution in [0.3, 0.4) is 0 Å². The van der Waals surface area contributed by atoms with Gasteiger partial charge in [0.15, 0.2) is 0 Å². The van der Waals surface area contributed by atoms with E-state index in [1.807, 2.05) is 7.05 Å². The van der Waals surface area contributed by atoms with Crippen LogP contribution in [0.2, 0.25) is 0 Å². The molecule has 3 fully saturated rings. The van der Waals surface area contributed by atoms with Crippen LogP contribution in [-0.2, 0) is 0 Å². The van der Waals surface area contributed by atoms with Crippen molar-refractivity contribution in [3.63, 3.8) is 0 Å². The molecular formula is C26H39NO. The van der Waals surface area contributed by atoms with Gasteiger partial charge < -0.3 is 5.32 Å². The number of hydrogen-bond acceptors (Lipinski definition) is 1. The smallest absolute Gasteiger partial charge is 0.251 e.